The molecule has 1 aliphatic carbocycles. The molecule has 8 heteroatoms. The molecule has 1 saturated heterocycles. The average molecular weight is 410 g/mol. The van der Waals surface area contributed by atoms with Crippen LogP contribution < -0.4 is 0 Å². The molecule has 1 aliphatic heterocycles. The lowest BCUT2D eigenvalue weighted by atomic mass is 9.90. The van der Waals surface area contributed by atoms with Crippen LogP contribution in [0.1, 0.15) is 47.4 Å². The van der Waals surface area contributed by atoms with E-state index in [9.17, 15) is 9.90 Å². The zero-order valence-corrected chi connectivity index (χ0v) is 17.0. The first-order valence-corrected chi connectivity index (χ1v) is 10.8. The molecule has 0 aromatic carbocycles. The van der Waals surface area contributed by atoms with Crippen molar-refractivity contribution in [3.63, 3.8) is 0 Å². The van der Waals surface area contributed by atoms with Crippen molar-refractivity contribution >= 4 is 17.2 Å². The second kappa shape index (κ2) is 7.03. The Balaban J connectivity index is 1.40. The number of rotatable bonds is 3. The number of carbonyl (C=O) groups is 1. The molecule has 1 saturated carbocycles. The van der Waals surface area contributed by atoms with Gasteiger partial charge in [0.15, 0.2) is 0 Å². The Bertz CT molecular complexity index is 1030. The van der Waals surface area contributed by atoms with Crippen LogP contribution in [-0.4, -0.2) is 48.7 Å². The van der Waals surface area contributed by atoms with E-state index < -0.39 is 5.60 Å². The van der Waals surface area contributed by atoms with Gasteiger partial charge in [0.1, 0.15) is 5.60 Å². The van der Waals surface area contributed by atoms with Gasteiger partial charge in [-0.05, 0) is 38.2 Å². The number of likely N-dealkylation sites (tertiary alicyclic amines) is 1. The van der Waals surface area contributed by atoms with Gasteiger partial charge in [-0.25, -0.2) is 0 Å². The molecule has 1 amide bonds. The van der Waals surface area contributed by atoms with Crippen molar-refractivity contribution in [1.82, 2.24) is 25.1 Å². The fourth-order valence-corrected chi connectivity index (χ4v) is 5.84. The Morgan fingerprint density at radius 3 is 3.00 bits per heavy atom. The van der Waals surface area contributed by atoms with E-state index in [1.165, 1.54) is 0 Å². The van der Waals surface area contributed by atoms with E-state index in [0.717, 1.165) is 35.5 Å². The second-order valence-corrected chi connectivity index (χ2v) is 9.00. The first kappa shape index (κ1) is 18.4. The number of aromatic amines is 1. The number of amides is 1. The summed E-state index contributed by atoms with van der Waals surface area (Å²) in [6.45, 7) is 2.61. The van der Waals surface area contributed by atoms with Gasteiger partial charge in [0.05, 0.1) is 23.1 Å². The van der Waals surface area contributed by atoms with E-state index in [1.54, 1.807) is 29.9 Å². The summed E-state index contributed by atoms with van der Waals surface area (Å²) in [5.41, 5.74) is 2.08. The lowest BCUT2D eigenvalue weighted by molar-refractivity contribution is 0.0284. The molecule has 3 unspecified atom stereocenters. The lowest BCUT2D eigenvalue weighted by Gasteiger charge is -2.37. The fourth-order valence-electron chi connectivity index (χ4n) is 4.98. The maximum Gasteiger partial charge on any atom is 0.254 e. The predicted molar refractivity (Wildman–Crippen MR) is 109 cm³/mol. The minimum Gasteiger partial charge on any atom is -0.383 e. The van der Waals surface area contributed by atoms with E-state index in [2.05, 4.69) is 20.2 Å². The summed E-state index contributed by atoms with van der Waals surface area (Å²) in [6, 6.07) is 1.97. The monoisotopic (exact) mass is 409 g/mol. The van der Waals surface area contributed by atoms with Gasteiger partial charge in [-0.3, -0.25) is 19.9 Å². The summed E-state index contributed by atoms with van der Waals surface area (Å²) >= 11 is 1.55. The Morgan fingerprint density at radius 1 is 1.34 bits per heavy atom. The van der Waals surface area contributed by atoms with Crippen molar-refractivity contribution < 1.29 is 9.90 Å². The number of nitrogens with zero attached hydrogens (tertiary/aromatic N) is 4. The predicted octanol–water partition coefficient (Wildman–Crippen LogP) is 3.14. The summed E-state index contributed by atoms with van der Waals surface area (Å²) in [7, 11) is 0. The molecule has 0 spiro atoms. The number of aromatic nitrogens is 4. The zero-order chi connectivity index (χ0) is 20.0. The SMILES string of the molecule is Cc1nccnc1C1(O)CC2CCCN(C(=O)c3csc(-c4cn[nH]c4)c3)C2C1. The van der Waals surface area contributed by atoms with Crippen LogP contribution in [0.5, 0.6) is 0 Å². The summed E-state index contributed by atoms with van der Waals surface area (Å²) in [5.74, 6) is 0.330. The molecule has 3 aromatic heterocycles. The van der Waals surface area contributed by atoms with Gasteiger partial charge in [-0.2, -0.15) is 5.10 Å². The third-order valence-electron chi connectivity index (χ3n) is 6.28. The van der Waals surface area contributed by atoms with Crippen LogP contribution in [0.4, 0.5) is 0 Å². The van der Waals surface area contributed by atoms with Crippen molar-refractivity contribution in [1.29, 1.82) is 0 Å². The van der Waals surface area contributed by atoms with Crippen molar-refractivity contribution in [3.8, 4) is 10.4 Å². The topological polar surface area (TPSA) is 95.0 Å². The summed E-state index contributed by atoms with van der Waals surface area (Å²) in [4.78, 5) is 25.1. The fraction of sp³-hybridized carbons (Fsp3) is 0.429. The van der Waals surface area contributed by atoms with Gasteiger partial charge in [-0.15, -0.1) is 11.3 Å². The number of fused-ring (bicyclic) bond motifs is 1. The second-order valence-electron chi connectivity index (χ2n) is 8.09. The van der Waals surface area contributed by atoms with E-state index in [0.29, 0.717) is 24.1 Å². The van der Waals surface area contributed by atoms with Crippen LogP contribution in [0.15, 0.2) is 36.2 Å². The molecule has 29 heavy (non-hydrogen) atoms. The largest absolute Gasteiger partial charge is 0.383 e. The van der Waals surface area contributed by atoms with Crippen LogP contribution in [0, 0.1) is 12.8 Å². The molecule has 150 valence electrons. The number of aliphatic hydroxyl groups is 1. The maximum absolute atomic E-state index is 13.3. The maximum atomic E-state index is 13.3. The molecule has 0 radical (unpaired) electrons. The van der Waals surface area contributed by atoms with E-state index in [1.807, 2.05) is 29.5 Å². The number of H-pyrrole nitrogens is 1. The van der Waals surface area contributed by atoms with Crippen LogP contribution in [-0.2, 0) is 5.60 Å². The Morgan fingerprint density at radius 2 is 2.21 bits per heavy atom. The van der Waals surface area contributed by atoms with Crippen LogP contribution in [0.2, 0.25) is 0 Å². The van der Waals surface area contributed by atoms with E-state index in [4.69, 9.17) is 0 Å². The minimum atomic E-state index is -1.02. The average Bonchev–Trinajstić information content (AvgIpc) is 3.46. The molecule has 2 N–H and O–H groups in total. The number of hydrogen-bond acceptors (Lipinski definition) is 6. The Kier molecular flexibility index (Phi) is 4.48. The first-order chi connectivity index (χ1) is 14.0. The molecular formula is C21H23N5O2S. The van der Waals surface area contributed by atoms with E-state index in [-0.39, 0.29) is 17.9 Å². The lowest BCUT2D eigenvalue weighted by Crippen LogP contribution is -2.46. The molecule has 2 aliphatic rings. The van der Waals surface area contributed by atoms with Crippen LogP contribution in [0.25, 0.3) is 10.4 Å². The number of piperidine rings is 1. The van der Waals surface area contributed by atoms with Crippen molar-refractivity contribution in [2.45, 2.75) is 44.2 Å². The van der Waals surface area contributed by atoms with E-state index >= 15 is 0 Å². The molecule has 0 bridgehead atoms. The number of hydrogen-bond donors (Lipinski definition) is 2. The molecule has 7 nitrogen and oxygen atoms in total. The first-order valence-electron chi connectivity index (χ1n) is 9.94. The molecule has 4 heterocycles. The summed E-state index contributed by atoms with van der Waals surface area (Å²) in [5, 5.41) is 20.1. The molecule has 3 aromatic rings. The van der Waals surface area contributed by atoms with Gasteiger partial charge in [0.25, 0.3) is 5.91 Å². The number of nitrogens with one attached hydrogen (secondary N) is 1. The summed E-state index contributed by atoms with van der Waals surface area (Å²) < 4.78 is 0. The highest BCUT2D eigenvalue weighted by Gasteiger charge is 2.51. The highest BCUT2D eigenvalue weighted by atomic mass is 32.1. The highest BCUT2D eigenvalue weighted by molar-refractivity contribution is 7.13. The number of carbonyl (C=O) groups excluding carboxylic acids is 1. The zero-order valence-electron chi connectivity index (χ0n) is 16.2. The molecule has 2 fully saturated rings. The third kappa shape index (κ3) is 3.16. The van der Waals surface area contributed by atoms with Gasteiger partial charge < -0.3 is 10.0 Å². The third-order valence-corrected chi connectivity index (χ3v) is 7.26. The van der Waals surface area contributed by atoms with Gasteiger partial charge in [-0.1, -0.05) is 0 Å². The molecule has 3 atom stereocenters. The molecule has 5 rings (SSSR count). The minimum absolute atomic E-state index is 0.0277. The smallest absolute Gasteiger partial charge is 0.254 e. The van der Waals surface area contributed by atoms with Crippen molar-refractivity contribution in [3.05, 3.63) is 53.2 Å². The number of aryl methyl sites for hydroxylation is 1. The summed E-state index contributed by atoms with van der Waals surface area (Å²) in [6.07, 6.45) is 10.0. The highest BCUT2D eigenvalue weighted by Crippen LogP contribution is 2.48. The Hall–Kier alpha value is -2.58. The quantitative estimate of drug-likeness (QED) is 0.693. The number of thiophene rings is 1. The van der Waals surface area contributed by atoms with Gasteiger partial charge >= 0.3 is 0 Å². The van der Waals surface area contributed by atoms with Gasteiger partial charge in [0.2, 0.25) is 0 Å². The molecular weight excluding hydrogens is 386 g/mol. The van der Waals surface area contributed by atoms with Crippen LogP contribution >= 0.6 is 11.3 Å². The van der Waals surface area contributed by atoms with Crippen LogP contribution in [0.3, 0.4) is 0 Å². The normalized spacial score (nSPS) is 26.5. The standard InChI is InChI=1S/C21H23N5O2S/c1-13-19(23-5-4-22-13)21(28)8-14-3-2-6-26(17(14)9-21)20(27)15-7-18(29-12-15)16-10-24-25-11-16/h4-5,7,10-12,14,17,28H,2-3,6,8-9H2,1H3,(H,24,25). The van der Waals surface area contributed by atoms with Gasteiger partial charge in [0, 0.05) is 53.4 Å². The Labute approximate surface area is 172 Å². The van der Waals surface area contributed by atoms with Crippen molar-refractivity contribution in [2.24, 2.45) is 5.92 Å². The van der Waals surface area contributed by atoms with Crippen molar-refractivity contribution in [2.75, 3.05) is 6.54 Å².